The maximum absolute atomic E-state index is 14.0. The highest BCUT2D eigenvalue weighted by Gasteiger charge is 2.17. The van der Waals surface area contributed by atoms with E-state index in [4.69, 9.17) is 11.6 Å². The van der Waals surface area contributed by atoms with E-state index >= 15 is 0 Å². The number of hydrogen-bond acceptors (Lipinski definition) is 2. The maximum Gasteiger partial charge on any atom is 0.135 e. The van der Waals surface area contributed by atoms with Gasteiger partial charge in [0.2, 0.25) is 0 Å². The summed E-state index contributed by atoms with van der Waals surface area (Å²) >= 11 is 5.86. The summed E-state index contributed by atoms with van der Waals surface area (Å²) in [6.07, 6.45) is 2.79. The van der Waals surface area contributed by atoms with Crippen molar-refractivity contribution in [2.75, 3.05) is 0 Å². The second kappa shape index (κ2) is 5.58. The van der Waals surface area contributed by atoms with Crippen LogP contribution in [0.25, 0.3) is 22.4 Å². The van der Waals surface area contributed by atoms with Crippen molar-refractivity contribution in [1.29, 1.82) is 0 Å². The third kappa shape index (κ3) is 2.62. The van der Waals surface area contributed by atoms with Crippen molar-refractivity contribution >= 4 is 11.6 Å². The fraction of sp³-hybridized carbons (Fsp3) is 0. The van der Waals surface area contributed by atoms with Crippen molar-refractivity contribution in [2.24, 2.45) is 0 Å². The highest BCUT2D eigenvalue weighted by atomic mass is 35.5. The molecule has 0 N–H and O–H groups in total. The van der Waals surface area contributed by atoms with Gasteiger partial charge in [-0.2, -0.15) is 0 Å². The molecular formula is C16H9ClF2N2. The standard InChI is InChI=1S/C16H9ClF2N2/c17-11-6-4-10(5-7-11)12-8-20-9-21-16(12)15-13(18)2-1-3-14(15)19/h1-9H. The fourth-order valence-electron chi connectivity index (χ4n) is 2.09. The molecule has 0 saturated heterocycles. The molecule has 0 radical (unpaired) electrons. The second-order valence-electron chi connectivity index (χ2n) is 4.39. The van der Waals surface area contributed by atoms with E-state index < -0.39 is 11.6 Å². The molecule has 0 aliphatic carbocycles. The molecule has 1 heterocycles. The van der Waals surface area contributed by atoms with Gasteiger partial charge in [0.1, 0.15) is 18.0 Å². The van der Waals surface area contributed by atoms with Crippen LogP contribution in [0.4, 0.5) is 8.78 Å². The van der Waals surface area contributed by atoms with Gasteiger partial charge in [-0.15, -0.1) is 0 Å². The van der Waals surface area contributed by atoms with E-state index in [0.717, 1.165) is 5.56 Å². The molecule has 3 aromatic rings. The monoisotopic (exact) mass is 302 g/mol. The summed E-state index contributed by atoms with van der Waals surface area (Å²) in [7, 11) is 0. The van der Waals surface area contributed by atoms with Crippen molar-refractivity contribution in [3.05, 3.63) is 71.6 Å². The largest absolute Gasteiger partial charge is 0.244 e. The number of hydrogen-bond donors (Lipinski definition) is 0. The van der Waals surface area contributed by atoms with Crippen LogP contribution in [0.15, 0.2) is 55.0 Å². The first-order valence-corrected chi connectivity index (χ1v) is 6.55. The highest BCUT2D eigenvalue weighted by Crippen LogP contribution is 2.33. The van der Waals surface area contributed by atoms with E-state index in [0.29, 0.717) is 10.6 Å². The van der Waals surface area contributed by atoms with Gasteiger partial charge in [0.25, 0.3) is 0 Å². The van der Waals surface area contributed by atoms with Gasteiger partial charge >= 0.3 is 0 Å². The van der Waals surface area contributed by atoms with Gasteiger partial charge in [-0.1, -0.05) is 29.8 Å². The third-order valence-electron chi connectivity index (χ3n) is 3.07. The lowest BCUT2D eigenvalue weighted by Gasteiger charge is -2.10. The zero-order valence-corrected chi connectivity index (χ0v) is 11.5. The molecule has 0 unspecified atom stereocenters. The number of nitrogens with zero attached hydrogens (tertiary/aromatic N) is 2. The van der Waals surface area contributed by atoms with E-state index in [9.17, 15) is 8.78 Å². The first kappa shape index (κ1) is 13.6. The summed E-state index contributed by atoms with van der Waals surface area (Å²) < 4.78 is 27.9. The van der Waals surface area contributed by atoms with Crippen LogP contribution in [0.3, 0.4) is 0 Å². The quantitative estimate of drug-likeness (QED) is 0.683. The molecule has 0 aliphatic rings. The Morgan fingerprint density at radius 1 is 0.905 bits per heavy atom. The number of aromatic nitrogens is 2. The molecule has 0 amide bonds. The van der Waals surface area contributed by atoms with E-state index in [-0.39, 0.29) is 11.3 Å². The summed E-state index contributed by atoms with van der Waals surface area (Å²) in [5.41, 5.74) is 1.32. The topological polar surface area (TPSA) is 25.8 Å². The molecule has 2 nitrogen and oxygen atoms in total. The molecule has 0 saturated carbocycles. The molecule has 0 aliphatic heterocycles. The molecule has 3 rings (SSSR count). The molecule has 21 heavy (non-hydrogen) atoms. The average Bonchev–Trinajstić information content (AvgIpc) is 2.48. The molecule has 1 aromatic heterocycles. The minimum Gasteiger partial charge on any atom is -0.244 e. The van der Waals surface area contributed by atoms with Gasteiger partial charge in [-0.25, -0.2) is 18.7 Å². The zero-order valence-electron chi connectivity index (χ0n) is 10.7. The first-order valence-electron chi connectivity index (χ1n) is 6.17. The fourth-order valence-corrected chi connectivity index (χ4v) is 2.22. The Kier molecular flexibility index (Phi) is 3.62. The number of rotatable bonds is 2. The third-order valence-corrected chi connectivity index (χ3v) is 3.32. The summed E-state index contributed by atoms with van der Waals surface area (Å²) in [6.45, 7) is 0. The summed E-state index contributed by atoms with van der Waals surface area (Å²) in [5.74, 6) is -1.33. The summed E-state index contributed by atoms with van der Waals surface area (Å²) in [6, 6.07) is 10.6. The first-order chi connectivity index (χ1) is 10.2. The van der Waals surface area contributed by atoms with Gasteiger partial charge < -0.3 is 0 Å². The van der Waals surface area contributed by atoms with Crippen LogP contribution in [0.2, 0.25) is 5.02 Å². The average molecular weight is 303 g/mol. The Bertz CT molecular complexity index is 768. The van der Waals surface area contributed by atoms with Gasteiger partial charge in [0, 0.05) is 16.8 Å². The smallest absolute Gasteiger partial charge is 0.135 e. The lowest BCUT2D eigenvalue weighted by molar-refractivity contribution is 0.588. The predicted octanol–water partition coefficient (Wildman–Crippen LogP) is 4.74. The Morgan fingerprint density at radius 3 is 2.24 bits per heavy atom. The van der Waals surface area contributed by atoms with E-state index in [1.165, 1.54) is 30.7 Å². The van der Waals surface area contributed by atoms with Crippen LogP contribution in [-0.2, 0) is 0 Å². The van der Waals surface area contributed by atoms with Crippen LogP contribution in [0, 0.1) is 11.6 Å². The molecule has 0 atom stereocenters. The molecular weight excluding hydrogens is 294 g/mol. The van der Waals surface area contributed by atoms with Crippen molar-refractivity contribution in [3.8, 4) is 22.4 Å². The Balaban J connectivity index is 2.23. The summed E-state index contributed by atoms with van der Waals surface area (Å²) in [5, 5.41) is 0.578. The predicted molar refractivity (Wildman–Crippen MR) is 77.8 cm³/mol. The second-order valence-corrected chi connectivity index (χ2v) is 4.83. The van der Waals surface area contributed by atoms with Crippen molar-refractivity contribution in [3.63, 3.8) is 0 Å². The lowest BCUT2D eigenvalue weighted by Crippen LogP contribution is -1.96. The van der Waals surface area contributed by atoms with Gasteiger partial charge in [0.05, 0.1) is 11.3 Å². The zero-order chi connectivity index (χ0) is 14.8. The molecule has 0 spiro atoms. The SMILES string of the molecule is Fc1cccc(F)c1-c1ncncc1-c1ccc(Cl)cc1. The van der Waals surface area contributed by atoms with Crippen LogP contribution < -0.4 is 0 Å². The van der Waals surface area contributed by atoms with E-state index in [1.54, 1.807) is 24.3 Å². The van der Waals surface area contributed by atoms with Crippen molar-refractivity contribution < 1.29 is 8.78 Å². The van der Waals surface area contributed by atoms with Crippen molar-refractivity contribution in [2.45, 2.75) is 0 Å². The van der Waals surface area contributed by atoms with Gasteiger partial charge in [-0.05, 0) is 29.8 Å². The van der Waals surface area contributed by atoms with Crippen LogP contribution in [-0.4, -0.2) is 9.97 Å². The molecule has 0 fully saturated rings. The normalized spacial score (nSPS) is 10.6. The van der Waals surface area contributed by atoms with E-state index in [2.05, 4.69) is 9.97 Å². The molecule has 0 bridgehead atoms. The number of benzene rings is 2. The minimum atomic E-state index is -0.663. The Morgan fingerprint density at radius 2 is 1.57 bits per heavy atom. The highest BCUT2D eigenvalue weighted by molar-refractivity contribution is 6.30. The lowest BCUT2D eigenvalue weighted by atomic mass is 10.0. The Hall–Kier alpha value is -2.33. The molecule has 104 valence electrons. The van der Waals surface area contributed by atoms with Gasteiger partial charge in [-0.3, -0.25) is 0 Å². The van der Waals surface area contributed by atoms with Gasteiger partial charge in [0.15, 0.2) is 0 Å². The molecule has 2 aromatic carbocycles. The van der Waals surface area contributed by atoms with Crippen LogP contribution in [0.5, 0.6) is 0 Å². The Labute approximate surface area is 125 Å². The number of halogens is 3. The van der Waals surface area contributed by atoms with Crippen molar-refractivity contribution in [1.82, 2.24) is 9.97 Å². The van der Waals surface area contributed by atoms with Crippen LogP contribution >= 0.6 is 11.6 Å². The van der Waals surface area contributed by atoms with Crippen LogP contribution in [0.1, 0.15) is 0 Å². The minimum absolute atomic E-state index is 0.162. The maximum atomic E-state index is 14.0. The summed E-state index contributed by atoms with van der Waals surface area (Å²) in [4.78, 5) is 7.99. The molecule has 5 heteroatoms. The van der Waals surface area contributed by atoms with E-state index in [1.807, 2.05) is 0 Å².